The Kier molecular flexibility index (Phi) is 4.34. The summed E-state index contributed by atoms with van der Waals surface area (Å²) in [4.78, 5) is 12.3. The van der Waals surface area contributed by atoms with Crippen molar-refractivity contribution in [2.45, 2.75) is 38.9 Å². The van der Waals surface area contributed by atoms with Crippen molar-refractivity contribution in [2.75, 3.05) is 6.61 Å². The summed E-state index contributed by atoms with van der Waals surface area (Å²) < 4.78 is 6.83. The largest absolute Gasteiger partial charge is 0.443 e. The van der Waals surface area contributed by atoms with Gasteiger partial charge in [-0.05, 0) is 32.4 Å². The molecule has 0 fully saturated rings. The summed E-state index contributed by atoms with van der Waals surface area (Å²) in [5.41, 5.74) is 0.956. The Balaban J connectivity index is 2.42. The van der Waals surface area contributed by atoms with Gasteiger partial charge in [0.2, 0.25) is 0 Å². The standard InChI is InChI=1S/C16H21NO4/c1-16(2,3)21-15(20)17-9-11(8-12(19)10-18)13-6-4-5-7-14(13)17/h4-7,9,12,18-19H,8,10H2,1-3H3. The molecule has 1 heterocycles. The van der Waals surface area contributed by atoms with E-state index in [0.717, 1.165) is 16.5 Å². The molecule has 5 nitrogen and oxygen atoms in total. The molecule has 0 aliphatic rings. The van der Waals surface area contributed by atoms with E-state index in [2.05, 4.69) is 0 Å². The van der Waals surface area contributed by atoms with Gasteiger partial charge in [0.25, 0.3) is 0 Å². The number of carbonyl (C=O) groups is 1. The van der Waals surface area contributed by atoms with Crippen LogP contribution in [0.2, 0.25) is 0 Å². The van der Waals surface area contributed by atoms with Crippen LogP contribution in [-0.4, -0.2) is 39.2 Å². The lowest BCUT2D eigenvalue weighted by Crippen LogP contribution is -2.26. The van der Waals surface area contributed by atoms with Gasteiger partial charge >= 0.3 is 6.09 Å². The molecule has 0 radical (unpaired) electrons. The minimum absolute atomic E-state index is 0.285. The van der Waals surface area contributed by atoms with Crippen molar-refractivity contribution in [1.29, 1.82) is 0 Å². The van der Waals surface area contributed by atoms with E-state index in [4.69, 9.17) is 9.84 Å². The Morgan fingerprint density at radius 2 is 2.00 bits per heavy atom. The Hall–Kier alpha value is -1.85. The third-order valence-electron chi connectivity index (χ3n) is 3.05. The second-order valence-corrected chi connectivity index (χ2v) is 6.06. The quantitative estimate of drug-likeness (QED) is 0.910. The highest BCUT2D eigenvalue weighted by Gasteiger charge is 2.21. The van der Waals surface area contributed by atoms with Crippen LogP contribution < -0.4 is 0 Å². The lowest BCUT2D eigenvalue weighted by Gasteiger charge is -2.19. The number of aliphatic hydroxyl groups excluding tert-OH is 2. The molecule has 0 saturated heterocycles. The zero-order chi connectivity index (χ0) is 15.6. The first-order valence-corrected chi connectivity index (χ1v) is 6.93. The topological polar surface area (TPSA) is 71.7 Å². The van der Waals surface area contributed by atoms with Crippen LogP contribution in [0.1, 0.15) is 26.3 Å². The summed E-state index contributed by atoms with van der Waals surface area (Å²) in [6.07, 6.45) is 0.649. The number of aliphatic hydroxyl groups is 2. The van der Waals surface area contributed by atoms with Crippen LogP contribution in [0.4, 0.5) is 4.79 Å². The Morgan fingerprint density at radius 1 is 1.33 bits per heavy atom. The second kappa shape index (κ2) is 5.87. The second-order valence-electron chi connectivity index (χ2n) is 6.06. The van der Waals surface area contributed by atoms with E-state index in [1.54, 1.807) is 6.20 Å². The lowest BCUT2D eigenvalue weighted by molar-refractivity contribution is 0.0543. The minimum Gasteiger partial charge on any atom is -0.443 e. The lowest BCUT2D eigenvalue weighted by atomic mass is 10.1. The zero-order valence-electron chi connectivity index (χ0n) is 12.5. The predicted molar refractivity (Wildman–Crippen MR) is 80.4 cm³/mol. The van der Waals surface area contributed by atoms with E-state index in [1.807, 2.05) is 45.0 Å². The molecule has 0 saturated carbocycles. The van der Waals surface area contributed by atoms with Gasteiger partial charge in [-0.3, -0.25) is 4.57 Å². The maximum atomic E-state index is 12.3. The smallest absolute Gasteiger partial charge is 0.419 e. The fourth-order valence-corrected chi connectivity index (χ4v) is 2.19. The number of aromatic nitrogens is 1. The van der Waals surface area contributed by atoms with E-state index in [1.165, 1.54) is 4.57 Å². The molecule has 2 N–H and O–H groups in total. The summed E-state index contributed by atoms with van der Waals surface area (Å²) in [6.45, 7) is 5.12. The SMILES string of the molecule is CC(C)(C)OC(=O)n1cc(CC(O)CO)c2ccccc21. The van der Waals surface area contributed by atoms with Crippen LogP contribution in [0.15, 0.2) is 30.5 Å². The first-order chi connectivity index (χ1) is 9.81. The van der Waals surface area contributed by atoms with Crippen LogP contribution in [0, 0.1) is 0 Å². The summed E-state index contributed by atoms with van der Waals surface area (Å²) in [7, 11) is 0. The van der Waals surface area contributed by atoms with Gasteiger partial charge < -0.3 is 14.9 Å². The number of rotatable bonds is 3. The molecule has 114 valence electrons. The highest BCUT2D eigenvalue weighted by Crippen LogP contribution is 2.23. The molecular formula is C16H21NO4. The maximum absolute atomic E-state index is 12.3. The van der Waals surface area contributed by atoms with Crippen molar-refractivity contribution in [3.8, 4) is 0 Å². The van der Waals surface area contributed by atoms with Crippen molar-refractivity contribution in [3.63, 3.8) is 0 Å². The average molecular weight is 291 g/mol. The van der Waals surface area contributed by atoms with Gasteiger partial charge in [-0.1, -0.05) is 18.2 Å². The van der Waals surface area contributed by atoms with Crippen LogP contribution >= 0.6 is 0 Å². The minimum atomic E-state index is -0.845. The van der Waals surface area contributed by atoms with E-state index >= 15 is 0 Å². The highest BCUT2D eigenvalue weighted by atomic mass is 16.6. The van der Waals surface area contributed by atoms with E-state index < -0.39 is 17.8 Å². The van der Waals surface area contributed by atoms with Gasteiger partial charge in [-0.25, -0.2) is 4.79 Å². The van der Waals surface area contributed by atoms with Gasteiger partial charge in [0.05, 0.1) is 18.2 Å². The first kappa shape index (κ1) is 15.5. The third-order valence-corrected chi connectivity index (χ3v) is 3.05. The molecule has 0 amide bonds. The molecule has 0 bridgehead atoms. The Morgan fingerprint density at radius 3 is 2.62 bits per heavy atom. The molecule has 21 heavy (non-hydrogen) atoms. The molecule has 1 aromatic carbocycles. The predicted octanol–water partition coefficient (Wildman–Crippen LogP) is 2.32. The van der Waals surface area contributed by atoms with Crippen molar-refractivity contribution in [1.82, 2.24) is 4.57 Å². The van der Waals surface area contributed by atoms with Crippen molar-refractivity contribution in [2.24, 2.45) is 0 Å². The van der Waals surface area contributed by atoms with Crippen molar-refractivity contribution in [3.05, 3.63) is 36.0 Å². The van der Waals surface area contributed by atoms with Crippen LogP contribution in [0.25, 0.3) is 10.9 Å². The highest BCUT2D eigenvalue weighted by molar-refractivity contribution is 5.92. The fraction of sp³-hybridized carbons (Fsp3) is 0.438. The maximum Gasteiger partial charge on any atom is 0.419 e. The van der Waals surface area contributed by atoms with E-state index in [9.17, 15) is 9.90 Å². The van der Waals surface area contributed by atoms with Crippen LogP contribution in [0.3, 0.4) is 0 Å². The number of para-hydroxylation sites is 1. The number of ether oxygens (including phenoxy) is 1. The molecule has 5 heteroatoms. The molecule has 1 aromatic heterocycles. The summed E-state index contributed by atoms with van der Waals surface area (Å²) >= 11 is 0. The van der Waals surface area contributed by atoms with E-state index in [-0.39, 0.29) is 13.0 Å². The van der Waals surface area contributed by atoms with Crippen LogP contribution in [0.5, 0.6) is 0 Å². The molecular weight excluding hydrogens is 270 g/mol. The van der Waals surface area contributed by atoms with Crippen LogP contribution in [-0.2, 0) is 11.2 Å². The monoisotopic (exact) mass is 291 g/mol. The van der Waals surface area contributed by atoms with Gasteiger partial charge in [0, 0.05) is 18.0 Å². The number of hydrogen-bond acceptors (Lipinski definition) is 4. The zero-order valence-corrected chi connectivity index (χ0v) is 12.5. The molecule has 1 atom stereocenters. The van der Waals surface area contributed by atoms with Crippen molar-refractivity contribution >= 4 is 17.0 Å². The first-order valence-electron chi connectivity index (χ1n) is 6.93. The van der Waals surface area contributed by atoms with E-state index in [0.29, 0.717) is 0 Å². The molecule has 2 aromatic rings. The molecule has 1 unspecified atom stereocenters. The number of fused-ring (bicyclic) bond motifs is 1. The molecule has 0 aliphatic heterocycles. The summed E-state index contributed by atoms with van der Waals surface area (Å²) in [5, 5.41) is 19.5. The molecule has 0 aliphatic carbocycles. The fourth-order valence-electron chi connectivity index (χ4n) is 2.19. The Labute approximate surface area is 123 Å². The third kappa shape index (κ3) is 3.62. The summed E-state index contributed by atoms with van der Waals surface area (Å²) in [5.74, 6) is 0. The van der Waals surface area contributed by atoms with Gasteiger partial charge in [-0.2, -0.15) is 0 Å². The summed E-state index contributed by atoms with van der Waals surface area (Å²) in [6, 6.07) is 7.43. The number of carbonyl (C=O) groups excluding carboxylic acids is 1. The van der Waals surface area contributed by atoms with Crippen molar-refractivity contribution < 1.29 is 19.7 Å². The molecule has 0 spiro atoms. The number of nitrogens with zero attached hydrogens (tertiary/aromatic N) is 1. The molecule has 2 rings (SSSR count). The van der Waals surface area contributed by atoms with Gasteiger partial charge in [0.15, 0.2) is 0 Å². The average Bonchev–Trinajstić information content (AvgIpc) is 2.76. The van der Waals surface area contributed by atoms with Gasteiger partial charge in [0.1, 0.15) is 5.60 Å². The Bertz CT molecular complexity index is 639. The number of hydrogen-bond donors (Lipinski definition) is 2. The van der Waals surface area contributed by atoms with Gasteiger partial charge in [-0.15, -0.1) is 0 Å². The normalized spacial score (nSPS) is 13.4. The number of benzene rings is 1.